The van der Waals surface area contributed by atoms with Gasteiger partial charge in [-0.15, -0.1) is 0 Å². The van der Waals surface area contributed by atoms with Gasteiger partial charge >= 0.3 is 0 Å². The number of nitrogens with one attached hydrogen (secondary N) is 1. The molecule has 124 valence electrons. The molecule has 0 aromatic heterocycles. The summed E-state index contributed by atoms with van der Waals surface area (Å²) in [5, 5.41) is 21.6. The highest BCUT2D eigenvalue weighted by molar-refractivity contribution is 9.09. The van der Waals surface area contributed by atoms with Crippen LogP contribution in [-0.4, -0.2) is 54.9 Å². The molecule has 0 aliphatic heterocycles. The van der Waals surface area contributed by atoms with E-state index in [0.29, 0.717) is 0 Å². The zero-order valence-electron chi connectivity index (χ0n) is 11.7. The lowest BCUT2D eigenvalue weighted by Gasteiger charge is -2.23. The summed E-state index contributed by atoms with van der Waals surface area (Å²) in [4.78, 5) is 11.6. The maximum atomic E-state index is 13.0. The van der Waals surface area contributed by atoms with E-state index in [4.69, 9.17) is 0 Å². The highest BCUT2D eigenvalue weighted by Gasteiger charge is 2.25. The third-order valence-corrected chi connectivity index (χ3v) is 4.72. The van der Waals surface area contributed by atoms with E-state index in [-0.39, 0.29) is 15.8 Å². The average molecular weight is 398 g/mol. The molecule has 0 bridgehead atoms. The molecule has 1 amide bonds. The van der Waals surface area contributed by atoms with Crippen LogP contribution in [0.15, 0.2) is 29.2 Å². The van der Waals surface area contributed by atoms with Crippen LogP contribution in [0, 0.1) is 0 Å². The number of halogens is 2. The van der Waals surface area contributed by atoms with Gasteiger partial charge in [0.2, 0.25) is 5.91 Å². The summed E-state index contributed by atoms with van der Waals surface area (Å²) >= 11 is 2.91. The number of rotatable bonds is 7. The van der Waals surface area contributed by atoms with E-state index in [1.807, 2.05) is 0 Å². The first-order chi connectivity index (χ1) is 10.2. The van der Waals surface area contributed by atoms with Crippen LogP contribution < -0.4 is 5.32 Å². The molecule has 1 aromatic carbocycles. The molecule has 0 aliphatic rings. The van der Waals surface area contributed by atoms with Gasteiger partial charge in [0.15, 0.2) is 9.84 Å². The van der Waals surface area contributed by atoms with Gasteiger partial charge in [-0.05, 0) is 17.7 Å². The molecule has 3 atom stereocenters. The molecule has 9 heteroatoms. The molecule has 0 heterocycles. The molecule has 6 nitrogen and oxygen atoms in total. The number of hydrogen-bond acceptors (Lipinski definition) is 5. The fraction of sp³-hybridized carbons (Fsp3) is 0.462. The fourth-order valence-corrected chi connectivity index (χ4v) is 2.62. The molecular weight excluding hydrogens is 381 g/mol. The van der Waals surface area contributed by atoms with Crippen LogP contribution in [0.3, 0.4) is 0 Å². The molecule has 3 N–H and O–H groups in total. The number of carbonyl (C=O) groups excluding carboxylic acids is 1. The Morgan fingerprint density at radius 2 is 1.86 bits per heavy atom. The summed E-state index contributed by atoms with van der Waals surface area (Å²) in [5.74, 6) is -0.814. The first kappa shape index (κ1) is 19.0. The third-order valence-electron chi connectivity index (χ3n) is 2.97. The topological polar surface area (TPSA) is 104 Å². The van der Waals surface area contributed by atoms with Crippen LogP contribution in [0.2, 0.25) is 0 Å². The average Bonchev–Trinajstić information content (AvgIpc) is 2.50. The van der Waals surface area contributed by atoms with E-state index < -0.39 is 40.7 Å². The third kappa shape index (κ3) is 5.01. The van der Waals surface area contributed by atoms with Gasteiger partial charge in [-0.25, -0.2) is 12.8 Å². The Morgan fingerprint density at radius 3 is 2.27 bits per heavy atom. The lowest BCUT2D eigenvalue weighted by Crippen LogP contribution is -2.46. The van der Waals surface area contributed by atoms with Crippen molar-refractivity contribution >= 4 is 31.7 Å². The smallest absolute Gasteiger partial charge is 0.250 e. The standard InChI is InChI=1S/C13H17BrFNO5S/c1-22(20,21)9-4-2-8(3-5-9)12(18)10(7-15)16-13(19)11(17)6-14/h2-5,10-12,17-18H,6-7H2,1H3,(H,16,19)/t10-,11-,12+/m1/s1. The first-order valence-corrected chi connectivity index (χ1v) is 9.30. The number of amides is 1. The van der Waals surface area contributed by atoms with Crippen molar-refractivity contribution in [3.8, 4) is 0 Å². The van der Waals surface area contributed by atoms with Crippen molar-refractivity contribution < 1.29 is 27.8 Å². The van der Waals surface area contributed by atoms with Gasteiger partial charge in [0.1, 0.15) is 18.9 Å². The van der Waals surface area contributed by atoms with Crippen molar-refractivity contribution in [2.24, 2.45) is 0 Å². The number of hydrogen-bond donors (Lipinski definition) is 3. The molecule has 0 saturated heterocycles. The van der Waals surface area contributed by atoms with Gasteiger partial charge < -0.3 is 15.5 Å². The Bertz CT molecular complexity index is 607. The SMILES string of the molecule is CS(=O)(=O)c1ccc([C@H](O)[C@@H](CF)NC(=O)[C@H](O)CBr)cc1. The largest absolute Gasteiger partial charge is 0.386 e. The van der Waals surface area contributed by atoms with Crippen molar-refractivity contribution in [2.75, 3.05) is 18.3 Å². The van der Waals surface area contributed by atoms with Crippen molar-refractivity contribution in [2.45, 2.75) is 23.1 Å². The van der Waals surface area contributed by atoms with Gasteiger partial charge in [-0.3, -0.25) is 4.79 Å². The second kappa shape index (κ2) is 8.00. The van der Waals surface area contributed by atoms with Gasteiger partial charge in [0.25, 0.3) is 0 Å². The Hall–Kier alpha value is -1.03. The van der Waals surface area contributed by atoms with E-state index in [1.54, 1.807) is 0 Å². The summed E-state index contributed by atoms with van der Waals surface area (Å²) in [5.41, 5.74) is 0.253. The lowest BCUT2D eigenvalue weighted by molar-refractivity contribution is -0.130. The fourth-order valence-electron chi connectivity index (χ4n) is 1.70. The number of carbonyl (C=O) groups is 1. The van der Waals surface area contributed by atoms with Crippen LogP contribution in [0.4, 0.5) is 4.39 Å². The molecule has 0 fully saturated rings. The zero-order chi connectivity index (χ0) is 16.9. The van der Waals surface area contributed by atoms with E-state index >= 15 is 0 Å². The summed E-state index contributed by atoms with van der Waals surface area (Å²) in [6.45, 7) is -1.05. The Balaban J connectivity index is 2.88. The van der Waals surface area contributed by atoms with E-state index in [1.165, 1.54) is 24.3 Å². The number of aliphatic hydroxyl groups excluding tert-OH is 2. The summed E-state index contributed by atoms with van der Waals surface area (Å²) < 4.78 is 35.7. The van der Waals surface area contributed by atoms with Crippen LogP contribution in [0.25, 0.3) is 0 Å². The minimum absolute atomic E-state index is 0.0169. The van der Waals surface area contributed by atoms with Crippen LogP contribution in [-0.2, 0) is 14.6 Å². The summed E-state index contributed by atoms with van der Waals surface area (Å²) in [6, 6.07) is 4.02. The molecule has 0 saturated carbocycles. The normalized spacial score (nSPS) is 15.9. The molecule has 0 unspecified atom stereocenters. The van der Waals surface area contributed by atoms with Crippen LogP contribution in [0.1, 0.15) is 11.7 Å². The molecule has 1 rings (SSSR count). The van der Waals surface area contributed by atoms with Crippen molar-refractivity contribution in [3.05, 3.63) is 29.8 Å². The maximum absolute atomic E-state index is 13.0. The van der Waals surface area contributed by atoms with Gasteiger partial charge in [0, 0.05) is 11.6 Å². The number of aliphatic hydroxyl groups is 2. The predicted molar refractivity (Wildman–Crippen MR) is 82.2 cm³/mol. The quantitative estimate of drug-likeness (QED) is 0.575. The van der Waals surface area contributed by atoms with Crippen LogP contribution in [0.5, 0.6) is 0 Å². The molecule has 0 radical (unpaired) electrons. The van der Waals surface area contributed by atoms with Gasteiger partial charge in [-0.2, -0.15) is 0 Å². The van der Waals surface area contributed by atoms with E-state index in [2.05, 4.69) is 21.2 Å². The minimum atomic E-state index is -3.37. The molecule has 1 aromatic rings. The van der Waals surface area contributed by atoms with E-state index in [9.17, 15) is 27.8 Å². The first-order valence-electron chi connectivity index (χ1n) is 6.29. The lowest BCUT2D eigenvalue weighted by atomic mass is 10.0. The van der Waals surface area contributed by atoms with Crippen molar-refractivity contribution in [1.82, 2.24) is 5.32 Å². The van der Waals surface area contributed by atoms with Crippen LogP contribution >= 0.6 is 15.9 Å². The zero-order valence-corrected chi connectivity index (χ0v) is 14.1. The van der Waals surface area contributed by atoms with Crippen molar-refractivity contribution in [3.63, 3.8) is 0 Å². The van der Waals surface area contributed by atoms with Gasteiger partial charge in [0.05, 0.1) is 10.9 Å². The molecule has 0 aliphatic carbocycles. The van der Waals surface area contributed by atoms with E-state index in [0.717, 1.165) is 6.26 Å². The number of alkyl halides is 2. The highest BCUT2D eigenvalue weighted by Crippen LogP contribution is 2.20. The Morgan fingerprint density at radius 1 is 1.32 bits per heavy atom. The number of benzene rings is 1. The molecular formula is C13H17BrFNO5S. The van der Waals surface area contributed by atoms with Gasteiger partial charge in [-0.1, -0.05) is 28.1 Å². The second-order valence-electron chi connectivity index (χ2n) is 4.73. The predicted octanol–water partition coefficient (Wildman–Crippen LogP) is 0.334. The second-order valence-corrected chi connectivity index (χ2v) is 7.39. The Labute approximate surface area is 136 Å². The molecule has 22 heavy (non-hydrogen) atoms. The van der Waals surface area contributed by atoms with Crippen molar-refractivity contribution in [1.29, 1.82) is 0 Å². The monoisotopic (exact) mass is 397 g/mol. The minimum Gasteiger partial charge on any atom is -0.386 e. The summed E-state index contributed by atoms with van der Waals surface area (Å²) in [7, 11) is -3.37. The highest BCUT2D eigenvalue weighted by atomic mass is 79.9. The number of sulfone groups is 1. The molecule has 0 spiro atoms. The maximum Gasteiger partial charge on any atom is 0.250 e. The Kier molecular flexibility index (Phi) is 6.92. The summed E-state index contributed by atoms with van der Waals surface area (Å²) in [6.07, 6.45) is -1.68.